The van der Waals surface area contributed by atoms with Crippen molar-refractivity contribution < 1.29 is 28.7 Å². The van der Waals surface area contributed by atoms with Crippen molar-refractivity contribution in [3.8, 4) is 0 Å². The van der Waals surface area contributed by atoms with Crippen molar-refractivity contribution in [2.24, 2.45) is 11.8 Å². The SMILES string of the molecule is CC(=O)Nc1ccc(N2C(=O)[C@@H]3[C@@H](c4ccc(Cl)cc4)OC4(C(=O)c5ccccc5C4=O)[C@H]3C2=O)cc1. The van der Waals surface area contributed by atoms with E-state index in [1.165, 1.54) is 31.2 Å². The molecule has 3 amide bonds. The number of anilines is 2. The molecule has 3 aromatic rings. The number of amides is 3. The van der Waals surface area contributed by atoms with Gasteiger partial charge in [-0.15, -0.1) is 0 Å². The highest BCUT2D eigenvalue weighted by atomic mass is 35.5. The number of carbonyl (C=O) groups excluding carboxylic acids is 5. The molecule has 3 aliphatic rings. The molecule has 0 radical (unpaired) electrons. The van der Waals surface area contributed by atoms with Gasteiger partial charge >= 0.3 is 0 Å². The van der Waals surface area contributed by atoms with Gasteiger partial charge in [0.2, 0.25) is 34.9 Å². The number of ketones is 2. The number of benzene rings is 3. The monoisotopic (exact) mass is 514 g/mol. The van der Waals surface area contributed by atoms with Crippen LogP contribution in [0.4, 0.5) is 11.4 Å². The van der Waals surface area contributed by atoms with Gasteiger partial charge in [-0.05, 0) is 42.0 Å². The molecule has 3 aromatic carbocycles. The second-order valence-corrected chi connectivity index (χ2v) is 9.71. The highest BCUT2D eigenvalue weighted by Gasteiger charge is 2.74. The van der Waals surface area contributed by atoms with Crippen LogP contribution in [0.3, 0.4) is 0 Å². The van der Waals surface area contributed by atoms with Crippen molar-refractivity contribution in [3.63, 3.8) is 0 Å². The van der Waals surface area contributed by atoms with Crippen LogP contribution < -0.4 is 10.2 Å². The predicted octanol–water partition coefficient (Wildman–Crippen LogP) is 3.99. The zero-order valence-electron chi connectivity index (χ0n) is 19.4. The minimum atomic E-state index is -2.14. The Hall–Kier alpha value is -4.14. The summed E-state index contributed by atoms with van der Waals surface area (Å²) in [7, 11) is 0. The first-order valence-electron chi connectivity index (χ1n) is 11.6. The summed E-state index contributed by atoms with van der Waals surface area (Å²) in [6, 6.07) is 19.1. The first kappa shape index (κ1) is 23.3. The summed E-state index contributed by atoms with van der Waals surface area (Å²) in [5.41, 5.74) is -0.527. The van der Waals surface area contributed by atoms with Crippen LogP contribution in [0.25, 0.3) is 0 Å². The van der Waals surface area contributed by atoms with Crippen LogP contribution in [0.2, 0.25) is 5.02 Å². The summed E-state index contributed by atoms with van der Waals surface area (Å²) in [5.74, 6) is -5.22. The van der Waals surface area contributed by atoms with Gasteiger partial charge in [0.1, 0.15) is 0 Å². The highest BCUT2D eigenvalue weighted by molar-refractivity contribution is 6.37. The number of imide groups is 1. The summed E-state index contributed by atoms with van der Waals surface area (Å²) < 4.78 is 6.24. The van der Waals surface area contributed by atoms with E-state index in [0.29, 0.717) is 16.3 Å². The van der Waals surface area contributed by atoms with E-state index in [9.17, 15) is 24.0 Å². The van der Waals surface area contributed by atoms with Crippen LogP contribution in [0.5, 0.6) is 0 Å². The lowest BCUT2D eigenvalue weighted by Crippen LogP contribution is -2.51. The van der Waals surface area contributed by atoms with Gasteiger partial charge in [-0.1, -0.05) is 48.0 Å². The van der Waals surface area contributed by atoms with Gasteiger partial charge in [-0.25, -0.2) is 4.90 Å². The fourth-order valence-corrected chi connectivity index (χ4v) is 5.75. The third-order valence-corrected chi connectivity index (χ3v) is 7.42. The average Bonchev–Trinajstić information content (AvgIpc) is 3.45. The Morgan fingerprint density at radius 1 is 0.865 bits per heavy atom. The minimum Gasteiger partial charge on any atom is -0.349 e. The van der Waals surface area contributed by atoms with Gasteiger partial charge in [0.05, 0.1) is 23.6 Å². The Bertz CT molecular complexity index is 1480. The van der Waals surface area contributed by atoms with E-state index in [1.807, 2.05) is 0 Å². The normalized spacial score (nSPS) is 23.5. The molecule has 2 heterocycles. The molecule has 9 heteroatoms. The molecule has 0 saturated carbocycles. The van der Waals surface area contributed by atoms with Crippen molar-refractivity contribution in [2.75, 3.05) is 10.2 Å². The van der Waals surface area contributed by atoms with E-state index >= 15 is 0 Å². The van der Waals surface area contributed by atoms with Gasteiger partial charge < -0.3 is 10.1 Å². The molecule has 1 N–H and O–H groups in total. The van der Waals surface area contributed by atoms with E-state index in [2.05, 4.69) is 5.32 Å². The maximum atomic E-state index is 13.9. The van der Waals surface area contributed by atoms with E-state index in [-0.39, 0.29) is 22.7 Å². The van der Waals surface area contributed by atoms with Gasteiger partial charge in [-0.3, -0.25) is 24.0 Å². The Morgan fingerprint density at radius 2 is 1.46 bits per heavy atom. The van der Waals surface area contributed by atoms with Crippen LogP contribution in [-0.2, 0) is 19.1 Å². The molecule has 2 fully saturated rings. The number of hydrogen-bond acceptors (Lipinski definition) is 6. The fraction of sp³-hybridized carbons (Fsp3) is 0.179. The molecule has 8 nitrogen and oxygen atoms in total. The number of ether oxygens (including phenoxy) is 1. The van der Waals surface area contributed by atoms with Gasteiger partial charge in [0.25, 0.3) is 0 Å². The zero-order valence-corrected chi connectivity index (χ0v) is 20.2. The summed E-state index contributed by atoms with van der Waals surface area (Å²) in [5, 5.41) is 3.09. The Kier molecular flexibility index (Phi) is 5.15. The van der Waals surface area contributed by atoms with Crippen LogP contribution in [0.15, 0.2) is 72.8 Å². The third-order valence-electron chi connectivity index (χ3n) is 7.16. The maximum absolute atomic E-state index is 13.9. The topological polar surface area (TPSA) is 110 Å². The number of rotatable bonds is 3. The summed E-state index contributed by atoms with van der Waals surface area (Å²) in [4.78, 5) is 67.7. The number of nitrogens with one attached hydrogen (secondary N) is 1. The maximum Gasteiger partial charge on any atom is 0.241 e. The molecule has 184 valence electrons. The largest absolute Gasteiger partial charge is 0.349 e. The Morgan fingerprint density at radius 3 is 2.03 bits per heavy atom. The van der Waals surface area contributed by atoms with Crippen molar-refractivity contribution in [3.05, 3.63) is 94.5 Å². The number of hydrogen-bond donors (Lipinski definition) is 1. The van der Waals surface area contributed by atoms with Crippen LogP contribution >= 0.6 is 11.6 Å². The zero-order chi connectivity index (χ0) is 26.1. The summed E-state index contributed by atoms with van der Waals surface area (Å²) in [6.45, 7) is 1.37. The molecule has 0 unspecified atom stereocenters. The van der Waals surface area contributed by atoms with Gasteiger partial charge in [-0.2, -0.15) is 0 Å². The van der Waals surface area contributed by atoms with Crippen molar-refractivity contribution >= 4 is 52.3 Å². The molecule has 37 heavy (non-hydrogen) atoms. The fourth-order valence-electron chi connectivity index (χ4n) is 5.62. The lowest BCUT2D eigenvalue weighted by atomic mass is 9.77. The number of carbonyl (C=O) groups is 5. The molecular weight excluding hydrogens is 496 g/mol. The standard InChI is InChI=1S/C28H19ClN2O6/c1-14(32)30-17-10-12-18(13-11-17)31-26(35)21-22(27(31)36)28(37-23(21)15-6-8-16(29)9-7-15)24(33)19-4-2-3-5-20(19)25(28)34/h2-13,21-23H,1H3,(H,30,32)/t21-,22+,23+/m0/s1. The molecule has 0 bridgehead atoms. The van der Waals surface area contributed by atoms with Crippen molar-refractivity contribution in [1.29, 1.82) is 0 Å². The number of Topliss-reactive ketones (excluding diaryl/α,β-unsaturated/α-hetero) is 2. The third kappa shape index (κ3) is 3.22. The van der Waals surface area contributed by atoms with E-state index in [1.54, 1.807) is 48.5 Å². The average molecular weight is 515 g/mol. The first-order valence-corrected chi connectivity index (χ1v) is 12.0. The van der Waals surface area contributed by atoms with Crippen molar-refractivity contribution in [2.45, 2.75) is 18.6 Å². The molecule has 3 atom stereocenters. The lowest BCUT2D eigenvalue weighted by Gasteiger charge is -2.27. The van der Waals surface area contributed by atoms with E-state index in [4.69, 9.17) is 16.3 Å². The van der Waals surface area contributed by atoms with Crippen LogP contribution in [-0.4, -0.2) is 34.9 Å². The van der Waals surface area contributed by atoms with E-state index in [0.717, 1.165) is 4.90 Å². The first-order chi connectivity index (χ1) is 17.7. The number of halogens is 1. The van der Waals surface area contributed by atoms with Crippen molar-refractivity contribution in [1.82, 2.24) is 0 Å². The quantitative estimate of drug-likeness (QED) is 0.418. The number of nitrogens with zero attached hydrogens (tertiary/aromatic N) is 1. The molecule has 1 aliphatic carbocycles. The predicted molar refractivity (Wildman–Crippen MR) is 133 cm³/mol. The number of fused-ring (bicyclic) bond motifs is 3. The van der Waals surface area contributed by atoms with Crippen LogP contribution in [0, 0.1) is 11.8 Å². The Labute approximate surface area is 216 Å². The smallest absolute Gasteiger partial charge is 0.241 e. The second-order valence-electron chi connectivity index (χ2n) is 9.27. The summed E-state index contributed by atoms with van der Waals surface area (Å²) in [6.07, 6.45) is -1.02. The highest BCUT2D eigenvalue weighted by Crippen LogP contribution is 2.57. The minimum absolute atomic E-state index is 0.168. The second kappa shape index (κ2) is 8.19. The molecule has 2 saturated heterocycles. The summed E-state index contributed by atoms with van der Waals surface area (Å²) >= 11 is 6.05. The Balaban J connectivity index is 1.48. The van der Waals surface area contributed by atoms with Crippen LogP contribution in [0.1, 0.15) is 39.3 Å². The molecule has 1 spiro atoms. The van der Waals surface area contributed by atoms with Gasteiger partial charge in [0, 0.05) is 28.8 Å². The molecule has 0 aromatic heterocycles. The lowest BCUT2D eigenvalue weighted by molar-refractivity contribution is -0.127. The molecular formula is C28H19ClN2O6. The van der Waals surface area contributed by atoms with Gasteiger partial charge in [0.15, 0.2) is 0 Å². The van der Waals surface area contributed by atoms with E-state index < -0.39 is 46.9 Å². The molecule has 6 rings (SSSR count). The molecule has 2 aliphatic heterocycles.